The van der Waals surface area contributed by atoms with Gasteiger partial charge in [-0.2, -0.15) is 0 Å². The average molecular weight is 420 g/mol. The van der Waals surface area contributed by atoms with Crippen LogP contribution in [0.3, 0.4) is 0 Å². The Bertz CT molecular complexity index is 564. The Labute approximate surface area is 158 Å². The molecular formula is C15H22Cl4O3Si. The Balaban J connectivity index is 2.43. The van der Waals surface area contributed by atoms with E-state index in [9.17, 15) is 4.79 Å². The summed E-state index contributed by atoms with van der Waals surface area (Å²) in [5.74, 6) is -0.992. The number of allylic oxidation sites excluding steroid dienone is 1. The van der Waals surface area contributed by atoms with Crippen molar-refractivity contribution in [3.63, 3.8) is 0 Å². The first-order valence-corrected chi connectivity index (χ1v) is 12.4. The van der Waals surface area contributed by atoms with Crippen LogP contribution in [0.2, 0.25) is 19.6 Å². The lowest BCUT2D eigenvalue weighted by Crippen LogP contribution is -2.43. The van der Waals surface area contributed by atoms with Gasteiger partial charge in [-0.25, -0.2) is 0 Å². The van der Waals surface area contributed by atoms with Gasteiger partial charge in [0.15, 0.2) is 4.33 Å². The summed E-state index contributed by atoms with van der Waals surface area (Å²) in [7, 11) is -1.97. The highest BCUT2D eigenvalue weighted by Gasteiger charge is 2.91. The third kappa shape index (κ3) is 3.03. The average Bonchev–Trinajstić information content (AvgIpc) is 2.63. The minimum atomic E-state index is -1.97. The van der Waals surface area contributed by atoms with Gasteiger partial charge in [0.05, 0.1) is 5.76 Å². The first kappa shape index (κ1) is 19.7. The van der Waals surface area contributed by atoms with E-state index in [0.29, 0.717) is 12.2 Å². The van der Waals surface area contributed by atoms with Crippen LogP contribution in [0.5, 0.6) is 0 Å². The van der Waals surface area contributed by atoms with Gasteiger partial charge in [-0.3, -0.25) is 4.79 Å². The fourth-order valence-corrected chi connectivity index (χ4v) is 5.84. The number of alkyl halides is 4. The highest BCUT2D eigenvalue weighted by atomic mass is 35.5. The molecule has 1 fully saturated rings. The molecule has 0 aromatic heterocycles. The van der Waals surface area contributed by atoms with Crippen LogP contribution in [0, 0.1) is 5.92 Å². The maximum atomic E-state index is 12.8. The molecule has 0 unspecified atom stereocenters. The van der Waals surface area contributed by atoms with Crippen molar-refractivity contribution in [1.82, 2.24) is 0 Å². The number of fused-ring (bicyclic) bond motifs is 1. The Morgan fingerprint density at radius 1 is 1.22 bits per heavy atom. The van der Waals surface area contributed by atoms with Gasteiger partial charge in [0.1, 0.15) is 21.3 Å². The second kappa shape index (κ2) is 5.44. The zero-order valence-electron chi connectivity index (χ0n) is 14.1. The number of carbonyl (C=O) groups is 1. The quantitative estimate of drug-likeness (QED) is 0.357. The van der Waals surface area contributed by atoms with Crippen molar-refractivity contribution in [3.05, 3.63) is 11.8 Å². The van der Waals surface area contributed by atoms with Gasteiger partial charge >= 0.3 is 5.97 Å². The van der Waals surface area contributed by atoms with E-state index in [4.69, 9.17) is 55.6 Å². The van der Waals surface area contributed by atoms with E-state index in [2.05, 4.69) is 0 Å². The van der Waals surface area contributed by atoms with Gasteiger partial charge in [-0.05, 0) is 52.9 Å². The lowest BCUT2D eigenvalue weighted by atomic mass is 9.92. The summed E-state index contributed by atoms with van der Waals surface area (Å²) < 4.78 is 10.1. The molecule has 2 rings (SSSR count). The first-order valence-electron chi connectivity index (χ1n) is 7.44. The number of hydrogen-bond donors (Lipinski definition) is 0. The zero-order chi connectivity index (χ0) is 18.1. The Kier molecular flexibility index (Phi) is 4.66. The molecule has 0 aromatic carbocycles. The maximum absolute atomic E-state index is 12.8. The fraction of sp³-hybridized carbons (Fsp3) is 0.800. The van der Waals surface area contributed by atoms with Crippen molar-refractivity contribution < 1.29 is 14.0 Å². The molecule has 2 aliphatic rings. The molecule has 0 heterocycles. The minimum Gasteiger partial charge on any atom is -0.547 e. The second-order valence-electron chi connectivity index (χ2n) is 8.08. The van der Waals surface area contributed by atoms with E-state index < -0.39 is 39.9 Å². The molecule has 2 aliphatic carbocycles. The fourth-order valence-electron chi connectivity index (χ4n) is 2.83. The summed E-state index contributed by atoms with van der Waals surface area (Å²) in [6, 6.07) is 0. The molecular weight excluding hydrogens is 398 g/mol. The Hall–Kier alpha value is 0.387. The number of halogens is 4. The van der Waals surface area contributed by atoms with Gasteiger partial charge < -0.3 is 9.16 Å². The smallest absolute Gasteiger partial charge is 0.319 e. The number of ether oxygens (including phenoxy) is 1. The normalized spacial score (nSPS) is 35.9. The zero-order valence-corrected chi connectivity index (χ0v) is 18.1. The van der Waals surface area contributed by atoms with Gasteiger partial charge in [0.2, 0.25) is 8.32 Å². The Morgan fingerprint density at radius 3 is 2.17 bits per heavy atom. The third-order valence-corrected chi connectivity index (χ3v) is 7.94. The summed E-state index contributed by atoms with van der Waals surface area (Å²) in [6.07, 6.45) is 2.11. The monoisotopic (exact) mass is 418 g/mol. The Morgan fingerprint density at radius 2 is 1.74 bits per heavy atom. The van der Waals surface area contributed by atoms with Crippen molar-refractivity contribution in [1.29, 1.82) is 0 Å². The second-order valence-corrected chi connectivity index (χ2v) is 15.1. The van der Waals surface area contributed by atoms with Gasteiger partial charge in [-0.15, -0.1) is 23.2 Å². The van der Waals surface area contributed by atoms with Crippen molar-refractivity contribution in [2.45, 2.75) is 66.5 Å². The SMILES string of the molecule is CC(C)(C)OC(=O)[C@@H]1C(O[Si](C)(C)C)=CC[C@@]2(Cl)C(Cl)(Cl)[C@@]12Cl. The van der Waals surface area contributed by atoms with E-state index >= 15 is 0 Å². The first-order chi connectivity index (χ1) is 10.1. The van der Waals surface area contributed by atoms with E-state index in [-0.39, 0.29) is 0 Å². The van der Waals surface area contributed by atoms with Gasteiger partial charge in [-0.1, -0.05) is 23.2 Å². The molecule has 1 saturated carbocycles. The molecule has 0 bridgehead atoms. The predicted molar refractivity (Wildman–Crippen MR) is 98.1 cm³/mol. The van der Waals surface area contributed by atoms with Crippen LogP contribution in [0.1, 0.15) is 27.2 Å². The van der Waals surface area contributed by atoms with E-state index in [1.807, 2.05) is 19.6 Å². The summed E-state index contributed by atoms with van der Waals surface area (Å²) in [4.78, 5) is 10.3. The number of carbonyl (C=O) groups excluding carboxylic acids is 1. The van der Waals surface area contributed by atoms with Crippen LogP contribution in [-0.2, 0) is 14.0 Å². The van der Waals surface area contributed by atoms with Gasteiger partial charge in [0.25, 0.3) is 0 Å². The molecule has 3 atom stereocenters. The van der Waals surface area contributed by atoms with Crippen LogP contribution in [0.15, 0.2) is 11.8 Å². The van der Waals surface area contributed by atoms with Crippen LogP contribution < -0.4 is 0 Å². The molecule has 0 saturated heterocycles. The van der Waals surface area contributed by atoms with E-state index in [1.54, 1.807) is 26.8 Å². The highest BCUT2D eigenvalue weighted by molar-refractivity contribution is 6.70. The molecule has 0 amide bonds. The summed E-state index contributed by atoms with van der Waals surface area (Å²) in [5, 5.41) is 0. The predicted octanol–water partition coefficient (Wildman–Crippen LogP) is 5.23. The number of rotatable bonds is 3. The van der Waals surface area contributed by atoms with Crippen LogP contribution in [0.25, 0.3) is 0 Å². The van der Waals surface area contributed by atoms with Crippen molar-refractivity contribution >= 4 is 60.7 Å². The maximum Gasteiger partial charge on any atom is 0.319 e. The van der Waals surface area contributed by atoms with Crippen LogP contribution in [-0.4, -0.2) is 34.0 Å². The molecule has 132 valence electrons. The highest BCUT2D eigenvalue weighted by Crippen LogP contribution is 2.79. The lowest BCUT2D eigenvalue weighted by molar-refractivity contribution is -0.160. The van der Waals surface area contributed by atoms with Crippen molar-refractivity contribution in [3.8, 4) is 0 Å². The van der Waals surface area contributed by atoms with Crippen molar-refractivity contribution in [2.75, 3.05) is 0 Å². The van der Waals surface area contributed by atoms with Crippen LogP contribution >= 0.6 is 46.4 Å². The van der Waals surface area contributed by atoms with E-state index in [1.165, 1.54) is 0 Å². The number of esters is 1. The standard InChI is InChI=1S/C15H22Cl4O3Si/c1-12(2,3)21-11(20)10-9(22-23(4,5)6)7-8-13(16)14(10,17)15(13,18)19/h7,10H,8H2,1-6H3/t10-,13-,14+/m0/s1. The minimum absolute atomic E-state index is 0.337. The summed E-state index contributed by atoms with van der Waals surface area (Å²) >= 11 is 25.9. The molecule has 8 heteroatoms. The molecule has 0 N–H and O–H groups in total. The van der Waals surface area contributed by atoms with Gasteiger partial charge in [0, 0.05) is 0 Å². The molecule has 0 aromatic rings. The summed E-state index contributed by atoms with van der Waals surface area (Å²) in [5.41, 5.74) is -0.669. The third-order valence-electron chi connectivity index (χ3n) is 3.80. The molecule has 0 spiro atoms. The van der Waals surface area contributed by atoms with Crippen LogP contribution in [0.4, 0.5) is 0 Å². The molecule has 3 nitrogen and oxygen atoms in total. The topological polar surface area (TPSA) is 35.5 Å². The molecule has 0 aliphatic heterocycles. The summed E-state index contributed by atoms with van der Waals surface area (Å²) in [6.45, 7) is 11.4. The lowest BCUT2D eigenvalue weighted by Gasteiger charge is -2.34. The number of hydrogen-bond acceptors (Lipinski definition) is 3. The largest absolute Gasteiger partial charge is 0.547 e. The van der Waals surface area contributed by atoms with Crippen molar-refractivity contribution in [2.24, 2.45) is 5.92 Å². The van der Waals surface area contributed by atoms with E-state index in [0.717, 1.165) is 0 Å². The molecule has 0 radical (unpaired) electrons. The molecule has 23 heavy (non-hydrogen) atoms.